The van der Waals surface area contributed by atoms with Crippen LogP contribution in [0, 0.1) is 6.92 Å². The van der Waals surface area contributed by atoms with E-state index in [4.69, 9.17) is 15.2 Å². The zero-order chi connectivity index (χ0) is 20.7. The Bertz CT molecular complexity index is 1150. The average molecular weight is 405 g/mol. The molecule has 6 nitrogen and oxygen atoms in total. The molecule has 30 heavy (non-hydrogen) atoms. The number of hydrogen-bond donors (Lipinski definition) is 2. The summed E-state index contributed by atoms with van der Waals surface area (Å²) in [4.78, 5) is 17.7. The maximum Gasteiger partial charge on any atom is 0.236 e. The Morgan fingerprint density at radius 3 is 2.73 bits per heavy atom. The fourth-order valence-electron chi connectivity index (χ4n) is 4.00. The summed E-state index contributed by atoms with van der Waals surface area (Å²) < 4.78 is 10.9. The van der Waals surface area contributed by atoms with Crippen molar-refractivity contribution in [3.63, 3.8) is 0 Å². The number of ether oxygens (including phenoxy) is 2. The van der Waals surface area contributed by atoms with Crippen LogP contribution in [0.5, 0.6) is 11.5 Å². The van der Waals surface area contributed by atoms with Crippen LogP contribution in [0.15, 0.2) is 54.6 Å². The molecule has 0 atom stereocenters. The number of carbonyl (C=O) groups is 1. The summed E-state index contributed by atoms with van der Waals surface area (Å²) in [5.74, 6) is 1.94. The second kappa shape index (κ2) is 7.15. The van der Waals surface area contributed by atoms with Gasteiger partial charge in [0.1, 0.15) is 5.82 Å². The fraction of sp³-hybridized carbons (Fsp3) is 0.250. The Hall–Kier alpha value is -3.38. The highest BCUT2D eigenvalue weighted by Gasteiger charge is 2.51. The summed E-state index contributed by atoms with van der Waals surface area (Å²) in [5.41, 5.74) is 10.2. The number of hydrogen-bond acceptors (Lipinski definition) is 5. The standard InChI is InChI=1S/C24H23N3O3.2H2/c1-15-19(17-4-2-3-16(11-17)13-25)6-8-22(26-15)27-23(28)24(9-10-24)18-5-7-20-21(12-18)30-14-29-20;;/h2-8,11-12H,9-10,13-14,25H2,1H3,(H,26,27,28);2*1H. The summed E-state index contributed by atoms with van der Waals surface area (Å²) in [6.45, 7) is 2.67. The van der Waals surface area contributed by atoms with E-state index in [1.165, 1.54) is 0 Å². The van der Waals surface area contributed by atoms with Crippen molar-refractivity contribution in [2.24, 2.45) is 5.73 Å². The molecular weight excluding hydrogens is 378 g/mol. The molecule has 2 aliphatic rings. The number of carbonyl (C=O) groups excluding carboxylic acids is 1. The molecule has 1 amide bonds. The molecule has 0 radical (unpaired) electrons. The average Bonchev–Trinajstić information content (AvgIpc) is 3.45. The SMILES string of the molecule is Cc1nc(NC(=O)C2(c3ccc4c(c3)OCO4)CC2)ccc1-c1cccc(CN)c1.[HH].[HH]. The lowest BCUT2D eigenvalue weighted by Crippen LogP contribution is -2.28. The van der Waals surface area contributed by atoms with Gasteiger partial charge in [0.15, 0.2) is 11.5 Å². The minimum atomic E-state index is -0.523. The van der Waals surface area contributed by atoms with E-state index in [9.17, 15) is 4.79 Å². The Morgan fingerprint density at radius 1 is 1.13 bits per heavy atom. The van der Waals surface area contributed by atoms with Crippen molar-refractivity contribution in [2.75, 3.05) is 12.1 Å². The van der Waals surface area contributed by atoms with Gasteiger partial charge in [0.05, 0.1) is 5.41 Å². The van der Waals surface area contributed by atoms with Crippen LogP contribution >= 0.6 is 0 Å². The van der Waals surface area contributed by atoms with Crippen molar-refractivity contribution in [1.82, 2.24) is 4.98 Å². The van der Waals surface area contributed by atoms with Crippen molar-refractivity contribution in [3.8, 4) is 22.6 Å². The minimum Gasteiger partial charge on any atom is -0.454 e. The fourth-order valence-corrected chi connectivity index (χ4v) is 4.00. The molecule has 2 aromatic carbocycles. The molecule has 6 heteroatoms. The van der Waals surface area contributed by atoms with Crippen LogP contribution in [-0.4, -0.2) is 17.7 Å². The first-order valence-electron chi connectivity index (χ1n) is 10.1. The minimum absolute atomic E-state index is 0. The molecule has 1 aliphatic heterocycles. The predicted molar refractivity (Wildman–Crippen MR) is 119 cm³/mol. The van der Waals surface area contributed by atoms with E-state index < -0.39 is 5.41 Å². The van der Waals surface area contributed by atoms with Crippen LogP contribution in [0.1, 0.15) is 32.5 Å². The van der Waals surface area contributed by atoms with Crippen LogP contribution in [0.25, 0.3) is 11.1 Å². The van der Waals surface area contributed by atoms with Crippen LogP contribution in [0.2, 0.25) is 0 Å². The number of pyridine rings is 1. The van der Waals surface area contributed by atoms with Crippen LogP contribution in [-0.2, 0) is 16.8 Å². The molecule has 156 valence electrons. The van der Waals surface area contributed by atoms with E-state index in [1.54, 1.807) is 0 Å². The quantitative estimate of drug-likeness (QED) is 0.657. The summed E-state index contributed by atoms with van der Waals surface area (Å²) in [6, 6.07) is 17.7. The second-order valence-corrected chi connectivity index (χ2v) is 7.84. The van der Waals surface area contributed by atoms with Gasteiger partial charge in [-0.1, -0.05) is 24.3 Å². The van der Waals surface area contributed by atoms with Gasteiger partial charge in [0.2, 0.25) is 12.7 Å². The van der Waals surface area contributed by atoms with Gasteiger partial charge in [-0.15, -0.1) is 0 Å². The monoisotopic (exact) mass is 405 g/mol. The van der Waals surface area contributed by atoms with Crippen molar-refractivity contribution < 1.29 is 17.1 Å². The normalized spacial score (nSPS) is 15.7. The van der Waals surface area contributed by atoms with Gasteiger partial charge in [0, 0.05) is 20.7 Å². The molecule has 1 fully saturated rings. The highest BCUT2D eigenvalue weighted by atomic mass is 16.7. The molecule has 1 aliphatic carbocycles. The predicted octanol–water partition coefficient (Wildman–Crippen LogP) is 4.41. The Morgan fingerprint density at radius 2 is 1.97 bits per heavy atom. The first kappa shape index (κ1) is 18.6. The number of nitrogens with zero attached hydrogens (tertiary/aromatic N) is 1. The smallest absolute Gasteiger partial charge is 0.236 e. The van der Waals surface area contributed by atoms with E-state index in [2.05, 4.69) is 16.4 Å². The van der Waals surface area contributed by atoms with E-state index in [0.717, 1.165) is 46.5 Å². The third kappa shape index (κ3) is 3.19. The number of nitrogens with two attached hydrogens (primary N) is 1. The maximum atomic E-state index is 13.1. The van der Waals surface area contributed by atoms with E-state index in [-0.39, 0.29) is 15.6 Å². The number of amides is 1. The summed E-state index contributed by atoms with van der Waals surface area (Å²) >= 11 is 0. The zero-order valence-electron chi connectivity index (χ0n) is 16.8. The second-order valence-electron chi connectivity index (χ2n) is 7.84. The molecule has 3 N–H and O–H groups in total. The van der Waals surface area contributed by atoms with Crippen LogP contribution in [0.4, 0.5) is 5.82 Å². The molecule has 0 spiro atoms. The van der Waals surface area contributed by atoms with Crippen molar-refractivity contribution in [2.45, 2.75) is 31.7 Å². The summed E-state index contributed by atoms with van der Waals surface area (Å²) in [5, 5.41) is 3.01. The van der Waals surface area contributed by atoms with Crippen LogP contribution < -0.4 is 20.5 Å². The van der Waals surface area contributed by atoms with Crippen molar-refractivity contribution in [3.05, 3.63) is 71.4 Å². The number of anilines is 1. The zero-order valence-corrected chi connectivity index (χ0v) is 16.8. The molecular formula is C24H27N3O3. The van der Waals surface area contributed by atoms with Crippen molar-refractivity contribution in [1.29, 1.82) is 0 Å². The number of aryl methyl sites for hydroxylation is 1. The Balaban J connectivity index is 0.00000144. The molecule has 0 bridgehead atoms. The van der Waals surface area contributed by atoms with Gasteiger partial charge in [0.25, 0.3) is 0 Å². The summed E-state index contributed by atoms with van der Waals surface area (Å²) in [7, 11) is 0. The van der Waals surface area contributed by atoms with Crippen LogP contribution in [0.3, 0.4) is 0 Å². The molecule has 1 aromatic heterocycles. The topological polar surface area (TPSA) is 86.5 Å². The number of nitrogens with one attached hydrogen (secondary N) is 1. The van der Waals surface area contributed by atoms with Gasteiger partial charge in [-0.2, -0.15) is 0 Å². The molecule has 5 rings (SSSR count). The molecule has 2 heterocycles. The molecule has 0 unspecified atom stereocenters. The number of fused-ring (bicyclic) bond motifs is 1. The first-order chi connectivity index (χ1) is 14.6. The molecule has 3 aromatic rings. The highest BCUT2D eigenvalue weighted by Crippen LogP contribution is 2.51. The van der Waals surface area contributed by atoms with E-state index in [0.29, 0.717) is 18.1 Å². The molecule has 1 saturated carbocycles. The number of benzene rings is 2. The Labute approximate surface area is 178 Å². The molecule has 0 saturated heterocycles. The third-order valence-corrected chi connectivity index (χ3v) is 5.91. The van der Waals surface area contributed by atoms with Gasteiger partial charge < -0.3 is 20.5 Å². The lowest BCUT2D eigenvalue weighted by Gasteiger charge is -2.17. The number of aromatic nitrogens is 1. The van der Waals surface area contributed by atoms with E-state index in [1.807, 2.05) is 55.5 Å². The largest absolute Gasteiger partial charge is 0.454 e. The van der Waals surface area contributed by atoms with Gasteiger partial charge in [-0.25, -0.2) is 4.98 Å². The third-order valence-electron chi connectivity index (χ3n) is 5.91. The highest BCUT2D eigenvalue weighted by molar-refractivity contribution is 6.01. The lowest BCUT2D eigenvalue weighted by atomic mass is 9.94. The Kier molecular flexibility index (Phi) is 4.44. The number of rotatable bonds is 5. The van der Waals surface area contributed by atoms with E-state index >= 15 is 0 Å². The maximum absolute atomic E-state index is 13.1. The van der Waals surface area contributed by atoms with Gasteiger partial charge in [-0.05, 0) is 66.8 Å². The van der Waals surface area contributed by atoms with Gasteiger partial charge >= 0.3 is 0 Å². The lowest BCUT2D eigenvalue weighted by molar-refractivity contribution is -0.118. The summed E-state index contributed by atoms with van der Waals surface area (Å²) in [6.07, 6.45) is 1.61. The van der Waals surface area contributed by atoms with Gasteiger partial charge in [-0.3, -0.25) is 4.79 Å². The first-order valence-corrected chi connectivity index (χ1v) is 10.1. The van der Waals surface area contributed by atoms with Crippen molar-refractivity contribution >= 4 is 11.7 Å².